The summed E-state index contributed by atoms with van der Waals surface area (Å²) in [6.07, 6.45) is 0. The predicted molar refractivity (Wildman–Crippen MR) is 125 cm³/mol. The monoisotopic (exact) mass is 446 g/mol. The van der Waals surface area contributed by atoms with Crippen molar-refractivity contribution >= 4 is 56.2 Å². The average molecular weight is 447 g/mol. The molecule has 0 aliphatic carbocycles. The van der Waals surface area contributed by atoms with Gasteiger partial charge in [-0.3, -0.25) is 4.99 Å². The van der Waals surface area contributed by atoms with Crippen LogP contribution in [0, 0.1) is 13.8 Å². The van der Waals surface area contributed by atoms with Gasteiger partial charge >= 0.3 is 0 Å². The van der Waals surface area contributed by atoms with Crippen molar-refractivity contribution in [3.8, 4) is 0 Å². The minimum atomic E-state index is -3.82. The number of aliphatic imine (C=N–C) groups is 1. The fraction of sp³-hybridized carbons (Fsp3) is 0.250. The molecule has 0 saturated carbocycles. The number of anilines is 1. The summed E-state index contributed by atoms with van der Waals surface area (Å²) in [5.41, 5.74) is 9.73. The molecule has 0 fully saturated rings. The van der Waals surface area contributed by atoms with Gasteiger partial charge in [-0.2, -0.15) is 0 Å². The summed E-state index contributed by atoms with van der Waals surface area (Å²) in [4.78, 5) is 8.14. The number of rotatable bonds is 5. The number of thioether (sulfide) groups is 1. The van der Waals surface area contributed by atoms with Crippen LogP contribution in [0.2, 0.25) is 0 Å². The summed E-state index contributed by atoms with van der Waals surface area (Å²) < 4.78 is 27.3. The van der Waals surface area contributed by atoms with Crippen molar-refractivity contribution in [2.75, 3.05) is 16.8 Å². The lowest BCUT2D eigenvalue weighted by molar-refractivity contribution is 0.598. The first-order chi connectivity index (χ1) is 13.8. The Morgan fingerprint density at radius 2 is 2.07 bits per heavy atom. The van der Waals surface area contributed by atoms with Gasteiger partial charge in [0.15, 0.2) is 0 Å². The quantitative estimate of drug-likeness (QED) is 0.522. The van der Waals surface area contributed by atoms with E-state index in [1.165, 1.54) is 0 Å². The van der Waals surface area contributed by atoms with E-state index in [1.807, 2.05) is 32.0 Å². The summed E-state index contributed by atoms with van der Waals surface area (Å²) in [6.45, 7) is 5.12. The SMILES string of the molecule is Cc1cccc(S(=O)(=O)N(S)c2ccc(C)c3cc(C4=NCC(CN)S4)[nH]c23)c1. The van der Waals surface area contributed by atoms with Crippen LogP contribution in [0.1, 0.15) is 16.8 Å². The molecule has 1 aliphatic heterocycles. The summed E-state index contributed by atoms with van der Waals surface area (Å²) in [6, 6.07) is 12.5. The molecular formula is C20H22N4O2S3. The number of thiol groups is 1. The molecule has 1 aromatic heterocycles. The van der Waals surface area contributed by atoms with Crippen LogP contribution in [0.15, 0.2) is 52.4 Å². The Hall–Kier alpha value is -1.94. The molecule has 0 saturated heterocycles. The number of nitrogens with one attached hydrogen (secondary N) is 1. The highest BCUT2D eigenvalue weighted by atomic mass is 32.3. The van der Waals surface area contributed by atoms with E-state index >= 15 is 0 Å². The van der Waals surface area contributed by atoms with Crippen molar-refractivity contribution in [1.29, 1.82) is 0 Å². The van der Waals surface area contributed by atoms with Gasteiger partial charge in [-0.25, -0.2) is 12.1 Å². The summed E-state index contributed by atoms with van der Waals surface area (Å²) in [7, 11) is -3.82. The molecule has 0 radical (unpaired) electrons. The zero-order valence-electron chi connectivity index (χ0n) is 16.1. The van der Waals surface area contributed by atoms with Crippen LogP contribution in [-0.4, -0.2) is 36.8 Å². The van der Waals surface area contributed by atoms with E-state index in [2.05, 4.69) is 22.8 Å². The molecule has 3 N–H and O–H groups in total. The molecule has 4 rings (SSSR count). The van der Waals surface area contributed by atoms with E-state index in [4.69, 9.17) is 5.73 Å². The largest absolute Gasteiger partial charge is 0.351 e. The molecular weight excluding hydrogens is 424 g/mol. The second-order valence-corrected chi connectivity index (χ2v) is 10.8. The van der Waals surface area contributed by atoms with E-state index in [0.717, 1.165) is 31.0 Å². The number of sulfonamides is 1. The van der Waals surface area contributed by atoms with Gasteiger partial charge in [0.25, 0.3) is 10.0 Å². The van der Waals surface area contributed by atoms with E-state index in [0.29, 0.717) is 24.3 Å². The smallest absolute Gasteiger partial charge is 0.273 e. The molecule has 6 nitrogen and oxygen atoms in total. The van der Waals surface area contributed by atoms with Crippen LogP contribution in [-0.2, 0) is 10.0 Å². The average Bonchev–Trinajstić information content (AvgIpc) is 3.35. The van der Waals surface area contributed by atoms with Crippen LogP contribution in [0.4, 0.5) is 5.69 Å². The molecule has 1 aliphatic rings. The van der Waals surface area contributed by atoms with Gasteiger partial charge in [-0.15, -0.1) is 0 Å². The number of benzene rings is 2. The molecule has 0 spiro atoms. The van der Waals surface area contributed by atoms with Gasteiger partial charge in [0.1, 0.15) is 5.04 Å². The fourth-order valence-corrected chi connectivity index (χ4v) is 5.91. The number of hydrogen-bond donors (Lipinski definition) is 3. The van der Waals surface area contributed by atoms with Crippen molar-refractivity contribution in [2.24, 2.45) is 10.7 Å². The van der Waals surface area contributed by atoms with Crippen LogP contribution in [0.3, 0.4) is 0 Å². The molecule has 29 heavy (non-hydrogen) atoms. The van der Waals surface area contributed by atoms with Crippen molar-refractivity contribution in [3.63, 3.8) is 0 Å². The number of aromatic amines is 1. The van der Waals surface area contributed by atoms with Crippen LogP contribution < -0.4 is 9.44 Å². The van der Waals surface area contributed by atoms with E-state index in [9.17, 15) is 8.42 Å². The van der Waals surface area contributed by atoms with Gasteiger partial charge < -0.3 is 10.7 Å². The maximum Gasteiger partial charge on any atom is 0.273 e. The zero-order chi connectivity index (χ0) is 20.8. The third kappa shape index (κ3) is 3.68. The Bertz CT molecular complexity index is 1220. The number of nitrogens with two attached hydrogens (primary N) is 1. The van der Waals surface area contributed by atoms with Crippen LogP contribution >= 0.6 is 24.6 Å². The Morgan fingerprint density at radius 3 is 2.76 bits per heavy atom. The van der Waals surface area contributed by atoms with E-state index in [-0.39, 0.29) is 10.1 Å². The highest BCUT2D eigenvalue weighted by molar-refractivity contribution is 8.15. The number of aryl methyl sites for hydroxylation is 2. The van der Waals surface area contributed by atoms with Crippen LogP contribution in [0.5, 0.6) is 0 Å². The molecule has 1 atom stereocenters. The first-order valence-corrected chi connectivity index (χ1v) is 11.9. The highest BCUT2D eigenvalue weighted by Crippen LogP contribution is 2.36. The highest BCUT2D eigenvalue weighted by Gasteiger charge is 2.26. The third-order valence-corrected chi connectivity index (χ3v) is 8.53. The number of hydrogen-bond acceptors (Lipinski definition) is 6. The molecule has 3 aromatic rings. The molecule has 0 bridgehead atoms. The van der Waals surface area contributed by atoms with Gasteiger partial charge in [-0.1, -0.05) is 30.0 Å². The first kappa shape index (κ1) is 20.3. The molecule has 2 heterocycles. The minimum Gasteiger partial charge on any atom is -0.351 e. The number of nitrogens with zero attached hydrogens (tertiary/aromatic N) is 2. The van der Waals surface area contributed by atoms with Gasteiger partial charge in [-0.05, 0) is 62.1 Å². The molecule has 9 heteroatoms. The second-order valence-electron chi connectivity index (χ2n) is 7.06. The minimum absolute atomic E-state index is 0.203. The molecule has 0 amide bonds. The first-order valence-electron chi connectivity index (χ1n) is 9.16. The Kier molecular flexibility index (Phi) is 5.41. The lowest BCUT2D eigenvalue weighted by atomic mass is 10.1. The van der Waals surface area contributed by atoms with E-state index in [1.54, 1.807) is 36.0 Å². The van der Waals surface area contributed by atoms with Crippen molar-refractivity contribution in [2.45, 2.75) is 24.0 Å². The Balaban J connectivity index is 1.79. The van der Waals surface area contributed by atoms with Crippen molar-refractivity contribution in [1.82, 2.24) is 4.98 Å². The lowest BCUT2D eigenvalue weighted by Gasteiger charge is -2.19. The number of fused-ring (bicyclic) bond motifs is 1. The third-order valence-electron chi connectivity index (χ3n) is 4.92. The Labute approximate surface area is 180 Å². The van der Waals surface area contributed by atoms with Gasteiger partial charge in [0, 0.05) is 17.2 Å². The fourth-order valence-electron chi connectivity index (χ4n) is 3.31. The normalized spacial score (nSPS) is 17.0. The van der Waals surface area contributed by atoms with Crippen LogP contribution in [0.25, 0.3) is 10.9 Å². The number of H-pyrrole nitrogens is 1. The van der Waals surface area contributed by atoms with E-state index < -0.39 is 10.0 Å². The standard InChI is InChI=1S/C20H22N4O2S3/c1-12-4-3-5-15(8-12)29(25,26)24(27)18-7-6-13(2)16-9-17(23-19(16)18)20-22-11-14(10-21)28-20/h3-9,14,23,27H,10-11,21H2,1-2H3. The maximum atomic E-state index is 13.2. The summed E-state index contributed by atoms with van der Waals surface area (Å²) in [5.74, 6) is 0. The molecule has 2 aromatic carbocycles. The summed E-state index contributed by atoms with van der Waals surface area (Å²) in [5, 5.41) is 2.12. The van der Waals surface area contributed by atoms with Crippen molar-refractivity contribution < 1.29 is 8.42 Å². The Morgan fingerprint density at radius 1 is 1.28 bits per heavy atom. The summed E-state index contributed by atoms with van der Waals surface area (Å²) >= 11 is 6.02. The topological polar surface area (TPSA) is 91.6 Å². The maximum absolute atomic E-state index is 13.2. The lowest BCUT2D eigenvalue weighted by Crippen LogP contribution is -2.22. The van der Waals surface area contributed by atoms with Gasteiger partial charge in [0.2, 0.25) is 0 Å². The molecule has 152 valence electrons. The number of aromatic nitrogens is 1. The van der Waals surface area contributed by atoms with Gasteiger partial charge in [0.05, 0.1) is 28.3 Å². The second kappa shape index (κ2) is 7.71. The zero-order valence-corrected chi connectivity index (χ0v) is 18.6. The predicted octanol–water partition coefficient (Wildman–Crippen LogP) is 3.65. The van der Waals surface area contributed by atoms with Crippen molar-refractivity contribution in [3.05, 3.63) is 59.3 Å². The molecule has 1 unspecified atom stereocenters.